The van der Waals surface area contributed by atoms with Gasteiger partial charge in [0.2, 0.25) is 0 Å². The molecule has 0 amide bonds. The van der Waals surface area contributed by atoms with Crippen LogP contribution in [-0.2, 0) is 11.3 Å². The van der Waals surface area contributed by atoms with E-state index >= 15 is 0 Å². The lowest BCUT2D eigenvalue weighted by atomic mass is 10.1. The van der Waals surface area contributed by atoms with E-state index in [1.165, 1.54) is 14.2 Å². The molecule has 2 aromatic rings. The van der Waals surface area contributed by atoms with Crippen LogP contribution in [0.15, 0.2) is 36.4 Å². The zero-order valence-electron chi connectivity index (χ0n) is 12.7. The number of methoxy groups -OCH3 is 2. The van der Waals surface area contributed by atoms with Crippen LogP contribution in [0.5, 0.6) is 11.5 Å². The lowest BCUT2D eigenvalue weighted by molar-refractivity contribution is 0.0593. The van der Waals surface area contributed by atoms with Crippen LogP contribution >= 0.6 is 22.6 Å². The number of halogens is 1. The van der Waals surface area contributed by atoms with Crippen molar-refractivity contribution in [3.05, 3.63) is 56.7 Å². The molecule has 120 valence electrons. The molecule has 0 radical (unpaired) electrons. The zero-order chi connectivity index (χ0) is 16.8. The summed E-state index contributed by atoms with van der Waals surface area (Å²) in [7, 11) is 2.67. The Labute approximate surface area is 147 Å². The van der Waals surface area contributed by atoms with Crippen LogP contribution in [0.25, 0.3) is 0 Å². The van der Waals surface area contributed by atoms with Crippen molar-refractivity contribution in [1.29, 1.82) is 0 Å². The van der Waals surface area contributed by atoms with Gasteiger partial charge < -0.3 is 14.2 Å². The minimum Gasteiger partial charge on any atom is -0.492 e. The largest absolute Gasteiger partial charge is 0.492 e. The van der Waals surface area contributed by atoms with Gasteiger partial charge in [-0.05, 0) is 34.2 Å². The monoisotopic (exact) mass is 426 g/mol. The van der Waals surface area contributed by atoms with E-state index in [0.29, 0.717) is 22.2 Å². The first-order valence-electron chi connectivity index (χ1n) is 6.73. The van der Waals surface area contributed by atoms with Crippen LogP contribution < -0.4 is 9.47 Å². The van der Waals surface area contributed by atoms with Gasteiger partial charge in [0.1, 0.15) is 12.2 Å². The van der Waals surface area contributed by atoms with Gasteiger partial charge in [0, 0.05) is 5.56 Å². The average Bonchev–Trinajstić information content (AvgIpc) is 2.59. The van der Waals surface area contributed by atoms with E-state index in [0.717, 1.165) is 5.56 Å². The van der Waals surface area contributed by atoms with Gasteiger partial charge in [0.15, 0.2) is 17.8 Å². The van der Waals surface area contributed by atoms with Crippen molar-refractivity contribution in [2.45, 2.75) is 6.61 Å². The number of esters is 1. The van der Waals surface area contributed by atoms with E-state index in [-0.39, 0.29) is 16.9 Å². The van der Waals surface area contributed by atoms with Crippen LogP contribution in [0, 0.1) is 3.57 Å². The third kappa shape index (κ3) is 3.82. The Morgan fingerprint density at radius 1 is 1.17 bits per heavy atom. The number of aldehydes is 1. The van der Waals surface area contributed by atoms with Gasteiger partial charge >= 0.3 is 5.97 Å². The summed E-state index contributed by atoms with van der Waals surface area (Å²) in [4.78, 5) is 23.2. The molecule has 0 saturated heterocycles. The molecule has 0 heterocycles. The highest BCUT2D eigenvalue weighted by Gasteiger charge is 2.25. The Morgan fingerprint density at radius 3 is 2.43 bits per heavy atom. The van der Waals surface area contributed by atoms with Crippen molar-refractivity contribution < 1.29 is 23.8 Å². The van der Waals surface area contributed by atoms with E-state index in [1.807, 2.05) is 52.9 Å². The molecule has 2 rings (SSSR count). The van der Waals surface area contributed by atoms with Crippen LogP contribution in [-0.4, -0.2) is 26.5 Å². The number of rotatable bonds is 6. The number of hydrogen-bond donors (Lipinski definition) is 0. The van der Waals surface area contributed by atoms with E-state index in [4.69, 9.17) is 14.2 Å². The summed E-state index contributed by atoms with van der Waals surface area (Å²) in [5.74, 6) is -0.0466. The Bertz CT molecular complexity index is 713. The third-order valence-corrected chi connectivity index (χ3v) is 3.97. The molecule has 0 aliphatic carbocycles. The summed E-state index contributed by atoms with van der Waals surface area (Å²) in [6.07, 6.45) is 0.595. The minimum absolute atomic E-state index is 0.0634. The molecular weight excluding hydrogens is 411 g/mol. The van der Waals surface area contributed by atoms with Gasteiger partial charge in [-0.1, -0.05) is 30.3 Å². The number of carbonyl (C=O) groups is 2. The number of carbonyl (C=O) groups excluding carboxylic acids is 2. The molecule has 0 aliphatic heterocycles. The van der Waals surface area contributed by atoms with Crippen LogP contribution in [0.1, 0.15) is 26.3 Å². The highest BCUT2D eigenvalue weighted by molar-refractivity contribution is 14.1. The molecule has 2 aromatic carbocycles. The van der Waals surface area contributed by atoms with Crippen molar-refractivity contribution >= 4 is 34.8 Å². The topological polar surface area (TPSA) is 61.8 Å². The third-order valence-electron chi connectivity index (χ3n) is 3.17. The lowest BCUT2D eigenvalue weighted by Gasteiger charge is -2.16. The Kier molecular flexibility index (Phi) is 5.97. The summed E-state index contributed by atoms with van der Waals surface area (Å²) >= 11 is 2.04. The molecule has 0 bridgehead atoms. The van der Waals surface area contributed by atoms with Gasteiger partial charge in [-0.15, -0.1) is 0 Å². The predicted octanol–water partition coefficient (Wildman–Crippen LogP) is 3.48. The van der Waals surface area contributed by atoms with Crippen molar-refractivity contribution in [3.8, 4) is 11.5 Å². The zero-order valence-corrected chi connectivity index (χ0v) is 14.8. The number of hydrogen-bond acceptors (Lipinski definition) is 5. The Hall–Kier alpha value is -2.09. The van der Waals surface area contributed by atoms with Crippen LogP contribution in [0.3, 0.4) is 0 Å². The van der Waals surface area contributed by atoms with Crippen LogP contribution in [0.4, 0.5) is 0 Å². The van der Waals surface area contributed by atoms with Crippen molar-refractivity contribution in [2.75, 3.05) is 14.2 Å². The van der Waals surface area contributed by atoms with E-state index in [9.17, 15) is 9.59 Å². The highest BCUT2D eigenvalue weighted by atomic mass is 127. The lowest BCUT2D eigenvalue weighted by Crippen LogP contribution is -2.11. The fourth-order valence-corrected chi connectivity index (χ4v) is 2.83. The van der Waals surface area contributed by atoms with Crippen molar-refractivity contribution in [3.63, 3.8) is 0 Å². The number of benzene rings is 2. The fourth-order valence-electron chi connectivity index (χ4n) is 2.09. The van der Waals surface area contributed by atoms with E-state index in [1.54, 1.807) is 6.07 Å². The molecule has 0 spiro atoms. The molecule has 0 fully saturated rings. The van der Waals surface area contributed by atoms with Crippen molar-refractivity contribution in [1.82, 2.24) is 0 Å². The molecule has 0 aromatic heterocycles. The second-order valence-electron chi connectivity index (χ2n) is 4.57. The molecule has 0 aliphatic rings. The second kappa shape index (κ2) is 7.96. The smallest absolute Gasteiger partial charge is 0.342 e. The molecule has 0 N–H and O–H groups in total. The standard InChI is InChI=1S/C17H15IO5/c1-21-16-14(17(20)22-2)12(9-19)8-13(18)15(16)23-10-11-6-4-3-5-7-11/h3-9H,10H2,1-2H3. The minimum atomic E-state index is -0.648. The number of ether oxygens (including phenoxy) is 3. The average molecular weight is 426 g/mol. The molecule has 0 atom stereocenters. The normalized spacial score (nSPS) is 10.0. The molecule has 0 unspecified atom stereocenters. The van der Waals surface area contributed by atoms with Gasteiger partial charge in [-0.2, -0.15) is 0 Å². The SMILES string of the molecule is COC(=O)c1c(C=O)cc(I)c(OCc2ccccc2)c1OC. The highest BCUT2D eigenvalue weighted by Crippen LogP contribution is 2.38. The quantitative estimate of drug-likeness (QED) is 0.402. The van der Waals surface area contributed by atoms with Crippen LogP contribution in [0.2, 0.25) is 0 Å². The van der Waals surface area contributed by atoms with Gasteiger partial charge in [0.25, 0.3) is 0 Å². The summed E-state index contributed by atoms with van der Waals surface area (Å²) < 4.78 is 16.6. The molecule has 6 heteroatoms. The van der Waals surface area contributed by atoms with Gasteiger partial charge in [0.05, 0.1) is 17.8 Å². The maximum absolute atomic E-state index is 12.0. The molecule has 23 heavy (non-hydrogen) atoms. The van der Waals surface area contributed by atoms with Gasteiger partial charge in [-0.3, -0.25) is 4.79 Å². The Morgan fingerprint density at radius 2 is 1.87 bits per heavy atom. The predicted molar refractivity (Wildman–Crippen MR) is 93.2 cm³/mol. The molecular formula is C17H15IO5. The second-order valence-corrected chi connectivity index (χ2v) is 5.73. The first kappa shape index (κ1) is 17.3. The summed E-state index contributed by atoms with van der Waals surface area (Å²) in [6, 6.07) is 11.2. The fraction of sp³-hybridized carbons (Fsp3) is 0.176. The maximum Gasteiger partial charge on any atom is 0.342 e. The maximum atomic E-state index is 12.0. The van der Waals surface area contributed by atoms with Gasteiger partial charge in [-0.25, -0.2) is 4.79 Å². The first-order chi connectivity index (χ1) is 11.1. The van der Waals surface area contributed by atoms with E-state index in [2.05, 4.69) is 0 Å². The first-order valence-corrected chi connectivity index (χ1v) is 7.81. The summed E-state index contributed by atoms with van der Waals surface area (Å²) in [6.45, 7) is 0.314. The molecule has 0 saturated carbocycles. The molecule has 5 nitrogen and oxygen atoms in total. The Balaban J connectivity index is 2.45. The van der Waals surface area contributed by atoms with Crippen molar-refractivity contribution in [2.24, 2.45) is 0 Å². The summed E-state index contributed by atoms with van der Waals surface area (Å²) in [5.41, 5.74) is 1.24. The van der Waals surface area contributed by atoms with E-state index < -0.39 is 5.97 Å². The summed E-state index contributed by atoms with van der Waals surface area (Å²) in [5, 5.41) is 0.